The van der Waals surface area contributed by atoms with Crippen molar-refractivity contribution in [2.24, 2.45) is 11.8 Å². The second-order valence-electron chi connectivity index (χ2n) is 14.4. The number of H-pyrrole nitrogens is 1. The van der Waals surface area contributed by atoms with Crippen LogP contribution in [0.2, 0.25) is 5.02 Å². The number of nitrogens with one attached hydrogen (secondary N) is 5. The molecular weight excluding hydrogens is 706 g/mol. The molecule has 5 atom stereocenters. The summed E-state index contributed by atoms with van der Waals surface area (Å²) >= 11 is 6.42. The summed E-state index contributed by atoms with van der Waals surface area (Å²) < 4.78 is 34.5. The summed E-state index contributed by atoms with van der Waals surface area (Å²) in [6, 6.07) is 6.52. The van der Waals surface area contributed by atoms with Gasteiger partial charge in [0.15, 0.2) is 0 Å². The largest absolute Gasteiger partial charge is 0.379 e. The summed E-state index contributed by atoms with van der Waals surface area (Å²) in [5.41, 5.74) is 0.520. The van der Waals surface area contributed by atoms with Crippen LogP contribution in [0.3, 0.4) is 0 Å². The number of nitrogens with zero attached hydrogens (tertiary/aromatic N) is 1. The SMILES string of the molecule is CCC(C)[C@H](NC(=O)Cc1ccccc1F)C(=O)N[C@]1(C(=O)NC(C(=O)NCCN2CCOCC2)[C@@H](C)CC)CCc2[nH]c3c(Cl)cc(F)cc3c2C1. The minimum atomic E-state index is -1.58. The molecule has 0 radical (unpaired) electrons. The van der Waals surface area contributed by atoms with Gasteiger partial charge in [0.2, 0.25) is 23.6 Å². The molecule has 1 aliphatic heterocycles. The number of hydrogen-bond donors (Lipinski definition) is 5. The molecule has 0 spiro atoms. The summed E-state index contributed by atoms with van der Waals surface area (Å²) in [6.45, 7) is 11.3. The average Bonchev–Trinajstić information content (AvgIpc) is 3.51. The van der Waals surface area contributed by atoms with Gasteiger partial charge in [-0.2, -0.15) is 0 Å². The van der Waals surface area contributed by atoms with Gasteiger partial charge < -0.3 is 31.0 Å². The summed E-state index contributed by atoms with van der Waals surface area (Å²) in [7, 11) is 0. The van der Waals surface area contributed by atoms with Crippen molar-refractivity contribution in [3.05, 3.63) is 69.9 Å². The molecule has 0 bridgehead atoms. The molecule has 1 fully saturated rings. The number of aromatic amines is 1. The van der Waals surface area contributed by atoms with Crippen LogP contribution in [0.1, 0.15) is 63.8 Å². The zero-order chi connectivity index (χ0) is 38.3. The number of benzene rings is 2. The van der Waals surface area contributed by atoms with Gasteiger partial charge in [-0.3, -0.25) is 24.1 Å². The van der Waals surface area contributed by atoms with E-state index in [0.29, 0.717) is 62.0 Å². The Labute approximate surface area is 314 Å². The van der Waals surface area contributed by atoms with Crippen molar-refractivity contribution in [1.82, 2.24) is 31.2 Å². The second kappa shape index (κ2) is 17.8. The van der Waals surface area contributed by atoms with Gasteiger partial charge in [0.25, 0.3) is 0 Å². The molecule has 53 heavy (non-hydrogen) atoms. The maximum Gasteiger partial charge on any atom is 0.246 e. The second-order valence-corrected chi connectivity index (χ2v) is 14.8. The Morgan fingerprint density at radius 2 is 1.66 bits per heavy atom. The molecule has 1 saturated heterocycles. The summed E-state index contributed by atoms with van der Waals surface area (Å²) in [4.78, 5) is 61.4. The van der Waals surface area contributed by atoms with Crippen LogP contribution in [0.5, 0.6) is 0 Å². The first-order chi connectivity index (χ1) is 25.3. The Bertz CT molecular complexity index is 1800. The van der Waals surface area contributed by atoms with Gasteiger partial charge in [-0.1, -0.05) is 70.3 Å². The van der Waals surface area contributed by atoms with Gasteiger partial charge in [-0.15, -0.1) is 0 Å². The van der Waals surface area contributed by atoms with Crippen LogP contribution in [-0.4, -0.2) is 90.5 Å². The molecular formula is C39H51ClF2N6O5. The lowest BCUT2D eigenvalue weighted by atomic mass is 9.78. The van der Waals surface area contributed by atoms with Gasteiger partial charge in [-0.25, -0.2) is 8.78 Å². The Morgan fingerprint density at radius 3 is 2.34 bits per heavy atom. The Kier molecular flexibility index (Phi) is 13.5. The van der Waals surface area contributed by atoms with Crippen molar-refractivity contribution >= 4 is 46.1 Å². The number of halogens is 3. The van der Waals surface area contributed by atoms with Crippen molar-refractivity contribution < 1.29 is 32.7 Å². The van der Waals surface area contributed by atoms with Crippen molar-refractivity contribution in [1.29, 1.82) is 0 Å². The fraction of sp³-hybridized carbons (Fsp3) is 0.538. The van der Waals surface area contributed by atoms with Crippen LogP contribution >= 0.6 is 11.6 Å². The van der Waals surface area contributed by atoms with Gasteiger partial charge in [0.05, 0.1) is 30.2 Å². The Hall–Kier alpha value is -4.07. The third-order valence-corrected chi connectivity index (χ3v) is 11.1. The molecule has 4 amide bonds. The predicted molar refractivity (Wildman–Crippen MR) is 199 cm³/mol. The predicted octanol–water partition coefficient (Wildman–Crippen LogP) is 4.20. The highest BCUT2D eigenvalue weighted by Gasteiger charge is 2.47. The highest BCUT2D eigenvalue weighted by Crippen LogP contribution is 2.37. The molecule has 5 N–H and O–H groups in total. The van der Waals surface area contributed by atoms with E-state index in [2.05, 4.69) is 31.2 Å². The third-order valence-electron chi connectivity index (χ3n) is 10.8. The molecule has 11 nitrogen and oxygen atoms in total. The van der Waals surface area contributed by atoms with Gasteiger partial charge >= 0.3 is 0 Å². The highest BCUT2D eigenvalue weighted by molar-refractivity contribution is 6.35. The van der Waals surface area contributed by atoms with E-state index in [1.54, 1.807) is 6.07 Å². The van der Waals surface area contributed by atoms with E-state index in [9.17, 15) is 28.0 Å². The minimum absolute atomic E-state index is 0.0258. The molecule has 1 aromatic heterocycles. The van der Waals surface area contributed by atoms with E-state index < -0.39 is 47.0 Å². The van der Waals surface area contributed by atoms with Crippen LogP contribution in [-0.2, 0) is 43.2 Å². The highest BCUT2D eigenvalue weighted by atomic mass is 35.5. The zero-order valence-corrected chi connectivity index (χ0v) is 31.6. The number of aryl methyl sites for hydroxylation is 1. The van der Waals surface area contributed by atoms with Crippen molar-refractivity contribution in [2.45, 2.75) is 83.8 Å². The van der Waals surface area contributed by atoms with Gasteiger partial charge in [0.1, 0.15) is 29.3 Å². The number of amides is 4. The van der Waals surface area contributed by atoms with Crippen LogP contribution in [0, 0.1) is 23.5 Å². The lowest BCUT2D eigenvalue weighted by Crippen LogP contribution is -2.67. The molecule has 1 aliphatic carbocycles. The maximum absolute atomic E-state index is 14.7. The number of carbonyl (C=O) groups is 4. The van der Waals surface area contributed by atoms with Crippen molar-refractivity contribution in [3.8, 4) is 0 Å². The number of carbonyl (C=O) groups excluding carboxylic acids is 4. The maximum atomic E-state index is 14.7. The number of rotatable bonds is 15. The molecule has 288 valence electrons. The standard InChI is InChI=1S/C39H51ClF2N6O5/c1-5-23(3)33(36(50)43-13-14-48-15-17-53-18-16-48)46-38(52)39(12-11-31-28(22-39)27-20-26(41)21-29(40)35(27)44-31)47-37(51)34(24(4)6-2)45-32(49)19-25-9-7-8-10-30(25)42/h7-10,20-21,23-24,33-34,44H,5-6,11-19,22H2,1-4H3,(H,43,50)(H,45,49)(H,46,52)(H,47,51)/t23-,24?,33?,34-,39+/m0/s1. The Morgan fingerprint density at radius 1 is 0.981 bits per heavy atom. The fourth-order valence-electron chi connectivity index (χ4n) is 7.14. The number of aromatic nitrogens is 1. The number of ether oxygens (including phenoxy) is 1. The van der Waals surface area contributed by atoms with E-state index in [1.807, 2.05) is 27.7 Å². The third kappa shape index (κ3) is 9.54. The van der Waals surface area contributed by atoms with Crippen LogP contribution in [0.4, 0.5) is 8.78 Å². The van der Waals surface area contributed by atoms with E-state index in [1.165, 1.54) is 30.3 Å². The number of morpholine rings is 1. The lowest BCUT2D eigenvalue weighted by molar-refractivity contribution is -0.139. The van der Waals surface area contributed by atoms with E-state index in [0.717, 1.165) is 18.8 Å². The van der Waals surface area contributed by atoms with Crippen molar-refractivity contribution in [2.75, 3.05) is 39.4 Å². The number of fused-ring (bicyclic) bond motifs is 3. The summed E-state index contributed by atoms with van der Waals surface area (Å²) in [5.74, 6) is -3.73. The molecule has 2 aromatic carbocycles. The average molecular weight is 757 g/mol. The molecule has 2 aliphatic rings. The van der Waals surface area contributed by atoms with Crippen LogP contribution < -0.4 is 21.3 Å². The van der Waals surface area contributed by atoms with Gasteiger partial charge in [0, 0.05) is 43.7 Å². The van der Waals surface area contributed by atoms with Crippen LogP contribution in [0.25, 0.3) is 10.9 Å². The summed E-state index contributed by atoms with van der Waals surface area (Å²) in [5, 5.41) is 12.4. The normalized spacial score (nSPS) is 19.8. The molecule has 0 saturated carbocycles. The molecule has 2 heterocycles. The monoisotopic (exact) mass is 756 g/mol. The smallest absolute Gasteiger partial charge is 0.246 e. The van der Waals surface area contributed by atoms with Gasteiger partial charge in [-0.05, 0) is 54.0 Å². The van der Waals surface area contributed by atoms with E-state index in [4.69, 9.17) is 16.3 Å². The van der Waals surface area contributed by atoms with Crippen molar-refractivity contribution in [3.63, 3.8) is 0 Å². The Balaban J connectivity index is 1.43. The quantitative estimate of drug-likeness (QED) is 0.157. The topological polar surface area (TPSA) is 145 Å². The van der Waals surface area contributed by atoms with E-state index >= 15 is 0 Å². The first-order valence-electron chi connectivity index (χ1n) is 18.6. The molecule has 14 heteroatoms. The van der Waals surface area contributed by atoms with E-state index in [-0.39, 0.29) is 47.6 Å². The molecule has 5 rings (SSSR count). The lowest BCUT2D eigenvalue weighted by Gasteiger charge is -2.39. The first kappa shape index (κ1) is 40.1. The molecule has 3 aromatic rings. The van der Waals surface area contributed by atoms with Crippen LogP contribution in [0.15, 0.2) is 36.4 Å². The molecule has 2 unspecified atom stereocenters. The first-order valence-corrected chi connectivity index (χ1v) is 19.0. The fourth-order valence-corrected chi connectivity index (χ4v) is 7.39. The number of hydrogen-bond acceptors (Lipinski definition) is 6. The summed E-state index contributed by atoms with van der Waals surface area (Å²) in [6.07, 6.45) is 1.26. The zero-order valence-electron chi connectivity index (χ0n) is 30.9. The minimum Gasteiger partial charge on any atom is -0.379 e.